The van der Waals surface area contributed by atoms with Crippen molar-refractivity contribution in [3.63, 3.8) is 0 Å². The summed E-state index contributed by atoms with van der Waals surface area (Å²) in [6, 6.07) is -0.567. The second kappa shape index (κ2) is 8.67. The molecule has 0 aromatic rings. The number of amides is 1. The molecule has 0 fully saturated rings. The number of hydrogen-bond donors (Lipinski definition) is 4. The van der Waals surface area contributed by atoms with Crippen molar-refractivity contribution in [1.29, 1.82) is 0 Å². The van der Waals surface area contributed by atoms with Crippen LogP contribution in [-0.2, 0) is 9.36 Å². The van der Waals surface area contributed by atoms with Crippen molar-refractivity contribution in [3.8, 4) is 0 Å². The van der Waals surface area contributed by atoms with Gasteiger partial charge in [-0.2, -0.15) is 0 Å². The van der Waals surface area contributed by atoms with E-state index in [1.807, 2.05) is 6.92 Å². The number of nitrogens with zero attached hydrogens (tertiary/aromatic N) is 1. The molecule has 0 spiro atoms. The molecule has 0 aromatic heterocycles. The van der Waals surface area contributed by atoms with Crippen LogP contribution in [0.5, 0.6) is 0 Å². The van der Waals surface area contributed by atoms with Gasteiger partial charge >= 0.3 is 0 Å². The van der Waals surface area contributed by atoms with Crippen molar-refractivity contribution in [2.45, 2.75) is 39.1 Å². The van der Waals surface area contributed by atoms with Gasteiger partial charge in [0.15, 0.2) is 0 Å². The first-order chi connectivity index (χ1) is 9.93. The summed E-state index contributed by atoms with van der Waals surface area (Å²) in [5.74, 6) is -3.10. The minimum atomic E-state index is -2.70. The lowest BCUT2D eigenvalue weighted by atomic mass is 9.89. The second-order valence-electron chi connectivity index (χ2n) is 6.09. The zero-order valence-corrected chi connectivity index (χ0v) is 14.9. The van der Waals surface area contributed by atoms with E-state index in [0.717, 1.165) is 0 Å². The number of aliphatic hydroxyl groups is 2. The molecule has 4 atom stereocenters. The van der Waals surface area contributed by atoms with E-state index < -0.39 is 30.9 Å². The predicted molar refractivity (Wildman–Crippen MR) is 86.3 cm³/mol. The first kappa shape index (κ1) is 21.1. The van der Waals surface area contributed by atoms with Crippen LogP contribution in [0.15, 0.2) is 12.3 Å². The Kier molecular flexibility index (Phi) is 8.33. The summed E-state index contributed by atoms with van der Waals surface area (Å²) in [4.78, 5) is 12.2. The van der Waals surface area contributed by atoms with E-state index in [2.05, 4.69) is 11.9 Å². The molecule has 22 heavy (non-hydrogen) atoms. The highest BCUT2D eigenvalue weighted by Gasteiger charge is 2.32. The Balaban J connectivity index is 4.71. The Morgan fingerprint density at radius 2 is 1.86 bits per heavy atom. The van der Waals surface area contributed by atoms with Gasteiger partial charge in [-0.05, 0) is 26.2 Å². The van der Waals surface area contributed by atoms with E-state index >= 15 is 0 Å². The average molecular weight is 336 g/mol. The minimum Gasteiger partial charge on any atom is -0.512 e. The lowest BCUT2D eigenvalue weighted by Gasteiger charge is -2.28. The summed E-state index contributed by atoms with van der Waals surface area (Å²) in [5.41, 5.74) is 0. The fraction of sp³-hybridized carbons (Fsp3) is 0.786. The fourth-order valence-electron chi connectivity index (χ4n) is 2.06. The van der Waals surface area contributed by atoms with Crippen LogP contribution >= 0.6 is 7.14 Å². The fourth-order valence-corrected chi connectivity index (χ4v) is 3.25. The predicted octanol–water partition coefficient (Wildman–Crippen LogP) is 1.81. The van der Waals surface area contributed by atoms with Crippen LogP contribution in [0.1, 0.15) is 27.2 Å². The minimum absolute atomic E-state index is 0.172. The van der Waals surface area contributed by atoms with Gasteiger partial charge in [0.25, 0.3) is 5.91 Å². The number of nitrogens with one attached hydrogen (secondary N) is 1. The van der Waals surface area contributed by atoms with Crippen molar-refractivity contribution in [3.05, 3.63) is 12.3 Å². The molecule has 0 rings (SSSR count). The molecule has 0 aliphatic rings. The van der Waals surface area contributed by atoms with Crippen molar-refractivity contribution in [2.75, 3.05) is 20.0 Å². The van der Waals surface area contributed by atoms with Gasteiger partial charge in [0.2, 0.25) is 0 Å². The van der Waals surface area contributed by atoms with Gasteiger partial charge in [0.1, 0.15) is 13.0 Å². The zero-order chi connectivity index (χ0) is 17.7. The van der Waals surface area contributed by atoms with Crippen LogP contribution in [0.2, 0.25) is 0 Å². The largest absolute Gasteiger partial charge is 0.512 e. The Labute approximate surface area is 132 Å². The molecule has 4 unspecified atom stereocenters. The summed E-state index contributed by atoms with van der Waals surface area (Å²) in [6.45, 7) is 11.3. The maximum Gasteiger partial charge on any atom is 0.258 e. The van der Waals surface area contributed by atoms with E-state index in [0.29, 0.717) is 11.5 Å². The van der Waals surface area contributed by atoms with E-state index in [1.54, 1.807) is 13.8 Å². The number of rotatable bonds is 9. The molecule has 4 N–H and O–H groups in total. The molecular formula is C14H29N2O5P. The van der Waals surface area contributed by atoms with Crippen LogP contribution in [0.4, 0.5) is 0 Å². The zero-order valence-electron chi connectivity index (χ0n) is 14.0. The topological polar surface area (TPSA) is 110 Å². The quantitative estimate of drug-likeness (QED) is 0.168. The lowest BCUT2D eigenvalue weighted by Crippen LogP contribution is -2.47. The van der Waals surface area contributed by atoms with E-state index in [1.165, 1.54) is 13.3 Å². The molecule has 0 radical (unpaired) electrons. The molecule has 1 amide bonds. The summed E-state index contributed by atoms with van der Waals surface area (Å²) < 4.78 is 11.8. The van der Waals surface area contributed by atoms with Crippen LogP contribution in [0.25, 0.3) is 0 Å². The monoisotopic (exact) mass is 336 g/mol. The van der Waals surface area contributed by atoms with Crippen LogP contribution in [-0.4, -0.2) is 58.3 Å². The lowest BCUT2D eigenvalue weighted by molar-refractivity contribution is -0.173. The number of hydrogen-bond acceptors (Lipinski definition) is 6. The third kappa shape index (κ3) is 6.08. The van der Waals surface area contributed by atoms with E-state index in [9.17, 15) is 24.8 Å². The van der Waals surface area contributed by atoms with Gasteiger partial charge in [-0.1, -0.05) is 26.8 Å². The van der Waals surface area contributed by atoms with E-state index in [-0.39, 0.29) is 18.3 Å². The average Bonchev–Trinajstić information content (AvgIpc) is 2.41. The second-order valence-corrected chi connectivity index (χ2v) is 9.49. The number of aliphatic hydroxyl groups excluding tert-OH is 2. The molecule has 0 aliphatic heterocycles. The molecule has 0 aliphatic carbocycles. The van der Waals surface area contributed by atoms with Crippen LogP contribution < -0.4 is 5.32 Å². The number of carbonyl (C=O) groups excluding carboxylic acids is 1. The van der Waals surface area contributed by atoms with Crippen molar-refractivity contribution >= 4 is 13.0 Å². The van der Waals surface area contributed by atoms with Gasteiger partial charge in [-0.25, -0.2) is 5.06 Å². The summed E-state index contributed by atoms with van der Waals surface area (Å²) in [7, 11) is -2.70. The third-order valence-electron chi connectivity index (χ3n) is 3.74. The SMILES string of the molecule is C=C(O)C(C(=O)N(O)CNC(C)C(O)P(C)(C)=O)C(C)CC. The number of hydroxylamine groups is 2. The standard InChI is InChI=1S/C14H29N2O5P/c1-7-9(2)12(11(4)17)13(18)16(20)8-15-10(3)14(19)22(5,6)21/h9-10,12,14-15,17,19-20H,4,7-8H2,1-3,5-6H3. The maximum atomic E-state index is 12.2. The third-order valence-corrected chi connectivity index (χ3v) is 5.46. The van der Waals surface area contributed by atoms with Gasteiger partial charge in [0, 0.05) is 6.04 Å². The van der Waals surface area contributed by atoms with Gasteiger partial charge in [-0.3, -0.25) is 15.3 Å². The Morgan fingerprint density at radius 3 is 2.23 bits per heavy atom. The molecule has 130 valence electrons. The van der Waals surface area contributed by atoms with Crippen molar-refractivity contribution in [1.82, 2.24) is 10.4 Å². The van der Waals surface area contributed by atoms with Crippen LogP contribution in [0, 0.1) is 11.8 Å². The summed E-state index contributed by atoms with van der Waals surface area (Å²) in [6.07, 6.45) is 0.640. The highest BCUT2D eigenvalue weighted by atomic mass is 31.2. The molecule has 0 saturated carbocycles. The Morgan fingerprint density at radius 1 is 1.36 bits per heavy atom. The number of carbonyl (C=O) groups is 1. The van der Waals surface area contributed by atoms with E-state index in [4.69, 9.17) is 0 Å². The molecule has 7 nitrogen and oxygen atoms in total. The van der Waals surface area contributed by atoms with Crippen molar-refractivity contribution < 1.29 is 24.8 Å². The molecule has 0 aromatic carbocycles. The molecule has 0 heterocycles. The van der Waals surface area contributed by atoms with Gasteiger partial charge in [-0.15, -0.1) is 0 Å². The van der Waals surface area contributed by atoms with Crippen molar-refractivity contribution in [2.24, 2.45) is 11.8 Å². The first-order valence-corrected chi connectivity index (χ1v) is 9.94. The highest BCUT2D eigenvalue weighted by molar-refractivity contribution is 7.62. The normalized spacial score (nSPS) is 17.4. The molecule has 0 saturated heterocycles. The molecular weight excluding hydrogens is 307 g/mol. The maximum absolute atomic E-state index is 12.2. The molecule has 8 heteroatoms. The smallest absolute Gasteiger partial charge is 0.258 e. The molecule has 0 bridgehead atoms. The van der Waals surface area contributed by atoms with Crippen LogP contribution in [0.3, 0.4) is 0 Å². The Bertz CT molecular complexity index is 437. The Hall–Kier alpha value is -0.880. The van der Waals surface area contributed by atoms with Gasteiger partial charge < -0.3 is 14.8 Å². The summed E-state index contributed by atoms with van der Waals surface area (Å²) in [5, 5.41) is 32.4. The van der Waals surface area contributed by atoms with Gasteiger partial charge in [0.05, 0.1) is 18.3 Å². The summed E-state index contributed by atoms with van der Waals surface area (Å²) >= 11 is 0. The first-order valence-electron chi connectivity index (χ1n) is 7.27. The highest BCUT2D eigenvalue weighted by Crippen LogP contribution is 2.42.